The number of rotatable bonds is 7. The molecule has 2 atom stereocenters. The van der Waals surface area contributed by atoms with Crippen molar-refractivity contribution in [3.05, 3.63) is 0 Å². The fourth-order valence-electron chi connectivity index (χ4n) is 1.59. The van der Waals surface area contributed by atoms with Gasteiger partial charge in [0.05, 0.1) is 12.3 Å². The molecule has 0 aromatic heterocycles. The van der Waals surface area contributed by atoms with E-state index in [9.17, 15) is 24.0 Å². The fraction of sp³-hybridized carbons (Fsp3) is 0.545. The maximum atomic E-state index is 11.7. The molecule has 4 amide bonds. The van der Waals surface area contributed by atoms with Gasteiger partial charge >= 0.3 is 18.0 Å². The summed E-state index contributed by atoms with van der Waals surface area (Å²) < 4.78 is 0. The van der Waals surface area contributed by atoms with Gasteiger partial charge in [-0.15, -0.1) is 0 Å². The van der Waals surface area contributed by atoms with Gasteiger partial charge in [-0.1, -0.05) is 6.92 Å². The molecule has 0 aromatic carbocycles. The van der Waals surface area contributed by atoms with Gasteiger partial charge in [0.2, 0.25) is 5.91 Å². The van der Waals surface area contributed by atoms with E-state index in [2.05, 4.69) is 10.6 Å². The largest absolute Gasteiger partial charge is 0.481 e. The third kappa shape index (κ3) is 4.44. The summed E-state index contributed by atoms with van der Waals surface area (Å²) >= 11 is 0. The summed E-state index contributed by atoms with van der Waals surface area (Å²) in [6.45, 7) is 0.655. The SMILES string of the molecule is CC(CNC(=O)CN1C(=O)NC(CC(=O)O)C1=O)C(=O)O. The van der Waals surface area contributed by atoms with Crippen molar-refractivity contribution in [2.24, 2.45) is 5.92 Å². The number of hydrogen-bond acceptors (Lipinski definition) is 5. The predicted molar refractivity (Wildman–Crippen MR) is 66.1 cm³/mol. The average molecular weight is 301 g/mol. The number of carboxylic acids is 2. The lowest BCUT2D eigenvalue weighted by Crippen LogP contribution is -2.42. The van der Waals surface area contributed by atoms with Crippen molar-refractivity contribution in [2.45, 2.75) is 19.4 Å². The van der Waals surface area contributed by atoms with E-state index < -0.39 is 54.7 Å². The molecule has 1 aliphatic heterocycles. The van der Waals surface area contributed by atoms with Crippen molar-refractivity contribution in [3.63, 3.8) is 0 Å². The highest BCUT2D eigenvalue weighted by Gasteiger charge is 2.39. The molecule has 4 N–H and O–H groups in total. The Hall–Kier alpha value is -2.65. The summed E-state index contributed by atoms with van der Waals surface area (Å²) in [6.07, 6.45) is -0.571. The highest BCUT2D eigenvalue weighted by molar-refractivity contribution is 6.07. The molecule has 1 heterocycles. The Morgan fingerprint density at radius 1 is 1.33 bits per heavy atom. The van der Waals surface area contributed by atoms with Crippen LogP contribution in [-0.4, -0.2) is 64.0 Å². The minimum atomic E-state index is -1.25. The molecular weight excluding hydrogens is 286 g/mol. The van der Waals surface area contributed by atoms with Crippen LogP contribution in [0.1, 0.15) is 13.3 Å². The maximum Gasteiger partial charge on any atom is 0.325 e. The Morgan fingerprint density at radius 3 is 2.48 bits per heavy atom. The van der Waals surface area contributed by atoms with E-state index in [0.717, 1.165) is 0 Å². The average Bonchev–Trinajstić information content (AvgIpc) is 2.62. The van der Waals surface area contributed by atoms with Gasteiger partial charge in [0.25, 0.3) is 5.91 Å². The van der Waals surface area contributed by atoms with Gasteiger partial charge < -0.3 is 20.8 Å². The zero-order valence-electron chi connectivity index (χ0n) is 11.2. The van der Waals surface area contributed by atoms with Gasteiger partial charge in [0, 0.05) is 6.54 Å². The Bertz CT molecular complexity index is 490. The first kappa shape index (κ1) is 16.4. The molecule has 116 valence electrons. The van der Waals surface area contributed by atoms with Gasteiger partial charge in [0.1, 0.15) is 12.6 Å². The number of hydrogen-bond donors (Lipinski definition) is 4. The maximum absolute atomic E-state index is 11.7. The molecule has 1 rings (SSSR count). The van der Waals surface area contributed by atoms with Crippen molar-refractivity contribution >= 4 is 29.8 Å². The molecule has 21 heavy (non-hydrogen) atoms. The van der Waals surface area contributed by atoms with Crippen molar-refractivity contribution in [1.29, 1.82) is 0 Å². The predicted octanol–water partition coefficient (Wildman–Crippen LogP) is -1.78. The molecule has 10 heteroatoms. The van der Waals surface area contributed by atoms with Gasteiger partial charge in [0.15, 0.2) is 0 Å². The van der Waals surface area contributed by atoms with Crippen molar-refractivity contribution < 1.29 is 34.2 Å². The quantitative estimate of drug-likeness (QED) is 0.405. The molecule has 1 fully saturated rings. The van der Waals surface area contributed by atoms with E-state index >= 15 is 0 Å². The number of imide groups is 1. The first-order valence-corrected chi connectivity index (χ1v) is 6.05. The molecule has 0 spiro atoms. The molecule has 0 bridgehead atoms. The Kier molecular flexibility index (Phi) is 5.22. The third-order valence-electron chi connectivity index (χ3n) is 2.81. The lowest BCUT2D eigenvalue weighted by Gasteiger charge is -2.13. The molecule has 0 saturated carbocycles. The standard InChI is InChI=1S/C11H15N3O7/c1-5(10(19)20)3-12-7(15)4-14-9(18)6(2-8(16)17)13-11(14)21/h5-6H,2-4H2,1H3,(H,12,15)(H,13,21)(H,16,17)(H,19,20). The Balaban J connectivity index is 2.52. The fourth-order valence-corrected chi connectivity index (χ4v) is 1.59. The molecule has 1 saturated heterocycles. The van der Waals surface area contributed by atoms with E-state index in [4.69, 9.17) is 10.2 Å². The Labute approximate surface area is 119 Å². The second-order valence-corrected chi connectivity index (χ2v) is 4.57. The number of carbonyl (C=O) groups is 5. The highest BCUT2D eigenvalue weighted by atomic mass is 16.4. The zero-order chi connectivity index (χ0) is 16.2. The van der Waals surface area contributed by atoms with Crippen LogP contribution >= 0.6 is 0 Å². The molecule has 2 unspecified atom stereocenters. The minimum absolute atomic E-state index is 0.142. The van der Waals surface area contributed by atoms with Crippen LogP contribution in [0.3, 0.4) is 0 Å². The summed E-state index contributed by atoms with van der Waals surface area (Å²) in [5.74, 6) is -4.66. The topological polar surface area (TPSA) is 153 Å². The van der Waals surface area contributed by atoms with E-state index in [-0.39, 0.29) is 6.54 Å². The monoisotopic (exact) mass is 301 g/mol. The van der Waals surface area contributed by atoms with Crippen LogP contribution in [-0.2, 0) is 19.2 Å². The summed E-state index contributed by atoms with van der Waals surface area (Å²) in [7, 11) is 0. The van der Waals surface area contributed by atoms with Crippen LogP contribution in [0, 0.1) is 5.92 Å². The van der Waals surface area contributed by atoms with E-state index in [1.807, 2.05) is 0 Å². The van der Waals surface area contributed by atoms with Crippen LogP contribution < -0.4 is 10.6 Å². The molecular formula is C11H15N3O7. The number of amides is 4. The number of carbonyl (C=O) groups excluding carboxylic acids is 3. The minimum Gasteiger partial charge on any atom is -0.481 e. The van der Waals surface area contributed by atoms with Gasteiger partial charge in [-0.25, -0.2) is 4.79 Å². The number of nitrogens with one attached hydrogen (secondary N) is 2. The van der Waals surface area contributed by atoms with Crippen LogP contribution in [0.15, 0.2) is 0 Å². The summed E-state index contributed by atoms with van der Waals surface area (Å²) in [5, 5.41) is 21.7. The lowest BCUT2D eigenvalue weighted by molar-refractivity contribution is -0.141. The molecule has 0 radical (unpaired) electrons. The van der Waals surface area contributed by atoms with Gasteiger partial charge in [-0.05, 0) is 0 Å². The van der Waals surface area contributed by atoms with E-state index in [1.165, 1.54) is 6.92 Å². The second kappa shape index (κ2) is 6.68. The second-order valence-electron chi connectivity index (χ2n) is 4.57. The highest BCUT2D eigenvalue weighted by Crippen LogP contribution is 2.09. The number of carboxylic acid groups (broad SMARTS) is 2. The number of nitrogens with zero attached hydrogens (tertiary/aromatic N) is 1. The van der Waals surface area contributed by atoms with Gasteiger partial charge in [-0.2, -0.15) is 0 Å². The van der Waals surface area contributed by atoms with Crippen molar-refractivity contribution in [3.8, 4) is 0 Å². The van der Waals surface area contributed by atoms with Crippen molar-refractivity contribution in [2.75, 3.05) is 13.1 Å². The van der Waals surface area contributed by atoms with Crippen LogP contribution in [0.25, 0.3) is 0 Å². The van der Waals surface area contributed by atoms with Crippen molar-refractivity contribution in [1.82, 2.24) is 15.5 Å². The van der Waals surface area contributed by atoms with Gasteiger partial charge in [-0.3, -0.25) is 24.1 Å². The lowest BCUT2D eigenvalue weighted by atomic mass is 10.2. The summed E-state index contributed by atoms with van der Waals surface area (Å²) in [6, 6.07) is -2.05. The van der Waals surface area contributed by atoms with Crippen LogP contribution in [0.4, 0.5) is 4.79 Å². The summed E-state index contributed by atoms with van der Waals surface area (Å²) in [4.78, 5) is 56.5. The normalized spacial score (nSPS) is 19.1. The first-order chi connectivity index (χ1) is 9.72. The number of urea groups is 1. The van der Waals surface area contributed by atoms with E-state index in [1.54, 1.807) is 0 Å². The van der Waals surface area contributed by atoms with Crippen LogP contribution in [0.5, 0.6) is 0 Å². The molecule has 0 aromatic rings. The van der Waals surface area contributed by atoms with E-state index in [0.29, 0.717) is 4.90 Å². The van der Waals surface area contributed by atoms with Crippen LogP contribution in [0.2, 0.25) is 0 Å². The number of aliphatic carboxylic acids is 2. The third-order valence-corrected chi connectivity index (χ3v) is 2.81. The molecule has 1 aliphatic rings. The smallest absolute Gasteiger partial charge is 0.325 e. The molecule has 10 nitrogen and oxygen atoms in total. The summed E-state index contributed by atoms with van der Waals surface area (Å²) in [5.41, 5.74) is 0. The molecule has 0 aliphatic carbocycles. The zero-order valence-corrected chi connectivity index (χ0v) is 11.2. The first-order valence-electron chi connectivity index (χ1n) is 6.05. The Morgan fingerprint density at radius 2 is 1.95 bits per heavy atom.